The highest BCUT2D eigenvalue weighted by molar-refractivity contribution is 5.79. The summed E-state index contributed by atoms with van der Waals surface area (Å²) in [7, 11) is 8.32. The Kier molecular flexibility index (Phi) is 8.38. The minimum absolute atomic E-state index is 0.593. The maximum atomic E-state index is 5.48. The molecule has 0 radical (unpaired) electrons. The van der Waals surface area contributed by atoms with Crippen LogP contribution in [0, 0.1) is 0 Å². The van der Waals surface area contributed by atoms with Gasteiger partial charge in [0.2, 0.25) is 11.6 Å². The molecule has 0 atom stereocenters. The van der Waals surface area contributed by atoms with Crippen LogP contribution in [0.1, 0.15) is 11.3 Å². The fourth-order valence-electron chi connectivity index (χ4n) is 3.77. The molecule has 1 N–H and O–H groups in total. The average Bonchev–Trinajstić information content (AvgIpc) is 2.84. The van der Waals surface area contributed by atoms with Gasteiger partial charge in [-0.05, 0) is 23.8 Å². The summed E-state index contributed by atoms with van der Waals surface area (Å²) in [6.07, 6.45) is 0. The number of benzene rings is 1. The molecule has 2 heterocycles. The largest absolute Gasteiger partial charge is 0.493 e. The van der Waals surface area contributed by atoms with Crippen LogP contribution in [0.2, 0.25) is 0 Å². The van der Waals surface area contributed by atoms with Crippen molar-refractivity contribution in [3.05, 3.63) is 41.6 Å². The molecule has 1 aromatic carbocycles. The van der Waals surface area contributed by atoms with E-state index < -0.39 is 0 Å². The number of nitrogens with one attached hydrogen (secondary N) is 1. The molecule has 0 unspecified atom stereocenters. The van der Waals surface area contributed by atoms with Crippen LogP contribution in [-0.2, 0) is 13.1 Å². The lowest BCUT2D eigenvalue weighted by atomic mass is 10.1. The number of rotatable bonds is 8. The quantitative estimate of drug-likeness (QED) is 0.490. The van der Waals surface area contributed by atoms with Crippen LogP contribution in [0.25, 0.3) is 0 Å². The summed E-state index contributed by atoms with van der Waals surface area (Å²) in [5, 5.41) is 3.41. The lowest BCUT2D eigenvalue weighted by Gasteiger charge is -2.36. The third-order valence-electron chi connectivity index (χ3n) is 5.43. The van der Waals surface area contributed by atoms with Crippen molar-refractivity contribution < 1.29 is 18.9 Å². The summed E-state index contributed by atoms with van der Waals surface area (Å²) in [4.78, 5) is 13.6. The fraction of sp³-hybridized carbons (Fsp3) is 0.478. The SMILES string of the molecule is CN=C(NCc1cccc(OC)n1)N1CCN(Cc2cc(OC)c(OC)c(OC)c2)CC1. The van der Waals surface area contributed by atoms with Crippen LogP contribution in [-0.4, -0.2) is 82.4 Å². The number of pyridine rings is 1. The molecule has 0 bridgehead atoms. The highest BCUT2D eigenvalue weighted by atomic mass is 16.5. The van der Waals surface area contributed by atoms with Gasteiger partial charge in [0, 0.05) is 45.8 Å². The lowest BCUT2D eigenvalue weighted by Crippen LogP contribution is -2.52. The highest BCUT2D eigenvalue weighted by Crippen LogP contribution is 2.38. The Labute approximate surface area is 190 Å². The van der Waals surface area contributed by atoms with E-state index in [4.69, 9.17) is 18.9 Å². The van der Waals surface area contributed by atoms with Gasteiger partial charge >= 0.3 is 0 Å². The van der Waals surface area contributed by atoms with E-state index in [0.29, 0.717) is 29.7 Å². The molecule has 2 aromatic rings. The van der Waals surface area contributed by atoms with Gasteiger partial charge in [-0.25, -0.2) is 4.98 Å². The zero-order valence-electron chi connectivity index (χ0n) is 19.6. The van der Waals surface area contributed by atoms with Crippen LogP contribution in [0.3, 0.4) is 0 Å². The zero-order valence-corrected chi connectivity index (χ0v) is 19.6. The van der Waals surface area contributed by atoms with Crippen molar-refractivity contribution in [3.63, 3.8) is 0 Å². The summed E-state index contributed by atoms with van der Waals surface area (Å²) < 4.78 is 21.6. The van der Waals surface area contributed by atoms with Gasteiger partial charge < -0.3 is 29.2 Å². The molecule has 9 heteroatoms. The molecule has 174 valence electrons. The van der Waals surface area contributed by atoms with Crippen molar-refractivity contribution in [1.29, 1.82) is 0 Å². The molecule has 0 spiro atoms. The molecule has 0 saturated carbocycles. The predicted octanol–water partition coefficient (Wildman–Crippen LogP) is 2.01. The zero-order chi connectivity index (χ0) is 22.9. The Morgan fingerprint density at radius 2 is 1.66 bits per heavy atom. The van der Waals surface area contributed by atoms with Gasteiger partial charge in [-0.2, -0.15) is 0 Å². The summed E-state index contributed by atoms with van der Waals surface area (Å²) >= 11 is 0. The van der Waals surface area contributed by atoms with Gasteiger partial charge in [0.25, 0.3) is 0 Å². The molecule has 9 nitrogen and oxygen atoms in total. The monoisotopic (exact) mass is 443 g/mol. The first-order chi connectivity index (χ1) is 15.6. The highest BCUT2D eigenvalue weighted by Gasteiger charge is 2.21. The smallest absolute Gasteiger partial charge is 0.213 e. The normalized spacial score (nSPS) is 14.8. The van der Waals surface area contributed by atoms with E-state index in [1.54, 1.807) is 28.4 Å². The second-order valence-corrected chi connectivity index (χ2v) is 7.37. The minimum Gasteiger partial charge on any atom is -0.493 e. The van der Waals surface area contributed by atoms with Gasteiger partial charge in [-0.1, -0.05) is 6.07 Å². The van der Waals surface area contributed by atoms with Crippen LogP contribution in [0.15, 0.2) is 35.3 Å². The molecule has 1 aliphatic heterocycles. The number of guanidine groups is 1. The Morgan fingerprint density at radius 1 is 0.969 bits per heavy atom. The Hall–Kier alpha value is -3.20. The van der Waals surface area contributed by atoms with E-state index in [9.17, 15) is 0 Å². The topological polar surface area (TPSA) is 80.7 Å². The average molecular weight is 444 g/mol. The second-order valence-electron chi connectivity index (χ2n) is 7.37. The molecule has 3 rings (SSSR count). The van der Waals surface area contributed by atoms with Gasteiger partial charge in [-0.15, -0.1) is 0 Å². The number of methoxy groups -OCH3 is 4. The van der Waals surface area contributed by atoms with Crippen LogP contribution >= 0.6 is 0 Å². The van der Waals surface area contributed by atoms with Crippen LogP contribution in [0.4, 0.5) is 0 Å². The van der Waals surface area contributed by atoms with Crippen LogP contribution in [0.5, 0.6) is 23.1 Å². The number of ether oxygens (including phenoxy) is 4. The summed E-state index contributed by atoms with van der Waals surface area (Å²) in [6, 6.07) is 9.77. The lowest BCUT2D eigenvalue weighted by molar-refractivity contribution is 0.172. The van der Waals surface area contributed by atoms with E-state index in [1.807, 2.05) is 37.4 Å². The number of hydrogen-bond donors (Lipinski definition) is 1. The van der Waals surface area contributed by atoms with Crippen molar-refractivity contribution in [2.45, 2.75) is 13.1 Å². The Balaban J connectivity index is 1.56. The van der Waals surface area contributed by atoms with E-state index in [2.05, 4.69) is 25.1 Å². The molecule has 1 aliphatic rings. The van der Waals surface area contributed by atoms with Gasteiger partial charge in [0.05, 0.1) is 40.7 Å². The molecule has 1 saturated heterocycles. The first kappa shape index (κ1) is 23.5. The molecule has 1 fully saturated rings. The maximum Gasteiger partial charge on any atom is 0.213 e. The third kappa shape index (κ3) is 5.73. The second kappa shape index (κ2) is 11.4. The van der Waals surface area contributed by atoms with E-state index in [-0.39, 0.29) is 0 Å². The summed E-state index contributed by atoms with van der Waals surface area (Å²) in [6.45, 7) is 5.02. The minimum atomic E-state index is 0.593. The standard InChI is InChI=1S/C23H33N5O4/c1-24-23(25-15-18-7-6-8-21(26-18)31-4)28-11-9-27(10-12-28)16-17-13-19(29-2)22(32-5)20(14-17)30-3/h6-8,13-14H,9-12,15-16H2,1-5H3,(H,24,25). The first-order valence-corrected chi connectivity index (χ1v) is 10.6. The molecule has 32 heavy (non-hydrogen) atoms. The molecule has 0 amide bonds. The van der Waals surface area contributed by atoms with Crippen molar-refractivity contribution >= 4 is 5.96 Å². The molecule has 1 aromatic heterocycles. The van der Waals surface area contributed by atoms with Crippen molar-refractivity contribution in [2.75, 3.05) is 61.7 Å². The number of piperazine rings is 1. The van der Waals surface area contributed by atoms with Gasteiger partial charge in [0.1, 0.15) is 0 Å². The van der Waals surface area contributed by atoms with E-state index in [1.165, 1.54) is 0 Å². The summed E-state index contributed by atoms with van der Waals surface area (Å²) in [5.74, 6) is 3.46. The van der Waals surface area contributed by atoms with Crippen molar-refractivity contribution in [1.82, 2.24) is 20.1 Å². The number of aliphatic imine (C=N–C) groups is 1. The number of nitrogens with zero attached hydrogens (tertiary/aromatic N) is 4. The summed E-state index contributed by atoms with van der Waals surface area (Å²) in [5.41, 5.74) is 2.03. The van der Waals surface area contributed by atoms with Gasteiger partial charge in [0.15, 0.2) is 17.5 Å². The van der Waals surface area contributed by atoms with E-state index >= 15 is 0 Å². The van der Waals surface area contributed by atoms with Gasteiger partial charge in [-0.3, -0.25) is 9.89 Å². The Morgan fingerprint density at radius 3 is 2.22 bits per heavy atom. The van der Waals surface area contributed by atoms with Crippen LogP contribution < -0.4 is 24.3 Å². The van der Waals surface area contributed by atoms with Crippen molar-refractivity contribution in [3.8, 4) is 23.1 Å². The number of aromatic nitrogens is 1. The molecular weight excluding hydrogens is 410 g/mol. The fourth-order valence-corrected chi connectivity index (χ4v) is 3.77. The predicted molar refractivity (Wildman–Crippen MR) is 124 cm³/mol. The Bertz CT molecular complexity index is 888. The molecule has 0 aliphatic carbocycles. The van der Waals surface area contributed by atoms with Crippen molar-refractivity contribution in [2.24, 2.45) is 4.99 Å². The maximum absolute atomic E-state index is 5.48. The number of hydrogen-bond acceptors (Lipinski definition) is 7. The first-order valence-electron chi connectivity index (χ1n) is 10.6. The molecular formula is C23H33N5O4. The van der Waals surface area contributed by atoms with E-state index in [0.717, 1.165) is 49.9 Å². The third-order valence-corrected chi connectivity index (χ3v) is 5.43.